The van der Waals surface area contributed by atoms with Crippen molar-refractivity contribution in [2.24, 2.45) is 11.7 Å². The summed E-state index contributed by atoms with van der Waals surface area (Å²) in [6, 6.07) is 7.93. The number of hydrogen-bond donors (Lipinski definition) is 2. The van der Waals surface area contributed by atoms with Gasteiger partial charge in [-0.1, -0.05) is 39.0 Å². The highest BCUT2D eigenvalue weighted by molar-refractivity contribution is 5.88. The molecule has 0 aliphatic rings. The van der Waals surface area contributed by atoms with Gasteiger partial charge in [-0.15, -0.1) is 0 Å². The van der Waals surface area contributed by atoms with Crippen molar-refractivity contribution in [3.05, 3.63) is 29.8 Å². The van der Waals surface area contributed by atoms with Crippen molar-refractivity contribution in [2.75, 3.05) is 5.32 Å². The van der Waals surface area contributed by atoms with E-state index in [2.05, 4.69) is 5.32 Å². The molecule has 3 N–H and O–H groups in total. The Morgan fingerprint density at radius 3 is 2.41 bits per heavy atom. The Bertz CT molecular complexity index is 401. The maximum absolute atomic E-state index is 11.8. The number of carbonyl (C=O) groups is 1. The summed E-state index contributed by atoms with van der Waals surface area (Å²) < 4.78 is 0. The molecule has 0 fully saturated rings. The molecule has 0 saturated heterocycles. The number of amides is 1. The Kier molecular flexibility index (Phi) is 4.16. The lowest BCUT2D eigenvalue weighted by Crippen LogP contribution is -2.54. The van der Waals surface area contributed by atoms with Crippen LogP contribution in [0.5, 0.6) is 0 Å². The van der Waals surface area contributed by atoms with Gasteiger partial charge in [-0.2, -0.15) is 0 Å². The fraction of sp³-hybridized carbons (Fsp3) is 0.500. The SMILES string of the molecule is CCC(Nc1ccccc1C)(C(N)=O)C(C)C. The summed E-state index contributed by atoms with van der Waals surface area (Å²) in [6.45, 7) is 8.03. The molecule has 0 aromatic heterocycles. The fourth-order valence-electron chi connectivity index (χ4n) is 2.11. The predicted molar refractivity (Wildman–Crippen MR) is 71.9 cm³/mol. The van der Waals surface area contributed by atoms with E-state index >= 15 is 0 Å². The van der Waals surface area contributed by atoms with Gasteiger partial charge in [0.15, 0.2) is 0 Å². The zero-order valence-electron chi connectivity index (χ0n) is 11.1. The summed E-state index contributed by atoms with van der Waals surface area (Å²) in [5, 5.41) is 3.33. The minimum Gasteiger partial charge on any atom is -0.371 e. The monoisotopic (exact) mass is 234 g/mol. The molecule has 0 bridgehead atoms. The smallest absolute Gasteiger partial charge is 0.243 e. The van der Waals surface area contributed by atoms with Crippen molar-refractivity contribution < 1.29 is 4.79 Å². The zero-order valence-corrected chi connectivity index (χ0v) is 11.1. The van der Waals surface area contributed by atoms with E-state index in [9.17, 15) is 4.79 Å². The highest BCUT2D eigenvalue weighted by Crippen LogP contribution is 2.28. The van der Waals surface area contributed by atoms with Gasteiger partial charge in [-0.25, -0.2) is 0 Å². The number of aryl methyl sites for hydroxylation is 1. The van der Waals surface area contributed by atoms with E-state index in [1.807, 2.05) is 52.0 Å². The van der Waals surface area contributed by atoms with E-state index in [1.54, 1.807) is 0 Å². The molecule has 3 nitrogen and oxygen atoms in total. The molecule has 17 heavy (non-hydrogen) atoms. The number of nitrogens with one attached hydrogen (secondary N) is 1. The van der Waals surface area contributed by atoms with Crippen molar-refractivity contribution >= 4 is 11.6 Å². The van der Waals surface area contributed by atoms with E-state index in [1.165, 1.54) is 0 Å². The third-order valence-electron chi connectivity index (χ3n) is 3.49. The lowest BCUT2D eigenvalue weighted by Gasteiger charge is -2.36. The largest absolute Gasteiger partial charge is 0.371 e. The van der Waals surface area contributed by atoms with Gasteiger partial charge in [-0.3, -0.25) is 4.79 Å². The first-order chi connectivity index (χ1) is 7.94. The van der Waals surface area contributed by atoms with Gasteiger partial charge in [0.25, 0.3) is 0 Å². The number of para-hydroxylation sites is 1. The molecule has 0 saturated carbocycles. The zero-order chi connectivity index (χ0) is 13.1. The molecule has 3 heteroatoms. The molecule has 1 unspecified atom stereocenters. The van der Waals surface area contributed by atoms with Gasteiger partial charge in [0.1, 0.15) is 5.54 Å². The van der Waals surface area contributed by atoms with Crippen LogP contribution in [0.4, 0.5) is 5.69 Å². The number of benzene rings is 1. The van der Waals surface area contributed by atoms with Crippen molar-refractivity contribution in [3.8, 4) is 0 Å². The Morgan fingerprint density at radius 2 is 2.00 bits per heavy atom. The van der Waals surface area contributed by atoms with Crippen LogP contribution >= 0.6 is 0 Å². The van der Waals surface area contributed by atoms with Gasteiger partial charge < -0.3 is 11.1 Å². The molecular weight excluding hydrogens is 212 g/mol. The number of hydrogen-bond acceptors (Lipinski definition) is 2. The van der Waals surface area contributed by atoms with Gasteiger partial charge in [0.2, 0.25) is 5.91 Å². The number of anilines is 1. The van der Waals surface area contributed by atoms with Crippen LogP contribution in [0.2, 0.25) is 0 Å². The summed E-state index contributed by atoms with van der Waals surface area (Å²) >= 11 is 0. The van der Waals surface area contributed by atoms with Crippen molar-refractivity contribution in [1.29, 1.82) is 0 Å². The maximum atomic E-state index is 11.8. The second-order valence-corrected chi connectivity index (χ2v) is 4.78. The fourth-order valence-corrected chi connectivity index (χ4v) is 2.11. The van der Waals surface area contributed by atoms with E-state index < -0.39 is 5.54 Å². The Balaban J connectivity index is 3.11. The number of nitrogens with two attached hydrogens (primary N) is 1. The summed E-state index contributed by atoms with van der Waals surface area (Å²) in [7, 11) is 0. The first-order valence-electron chi connectivity index (χ1n) is 6.07. The summed E-state index contributed by atoms with van der Waals surface area (Å²) in [4.78, 5) is 11.8. The molecule has 1 rings (SSSR count). The molecule has 0 heterocycles. The number of primary amides is 1. The van der Waals surface area contributed by atoms with Crippen LogP contribution in [-0.2, 0) is 4.79 Å². The molecule has 0 aliphatic carbocycles. The van der Waals surface area contributed by atoms with Crippen molar-refractivity contribution in [1.82, 2.24) is 0 Å². The summed E-state index contributed by atoms with van der Waals surface area (Å²) in [5.41, 5.74) is 7.00. The average Bonchev–Trinajstić information content (AvgIpc) is 2.27. The van der Waals surface area contributed by atoms with Crippen LogP contribution < -0.4 is 11.1 Å². The van der Waals surface area contributed by atoms with Gasteiger partial charge in [0, 0.05) is 5.69 Å². The van der Waals surface area contributed by atoms with E-state index in [0.717, 1.165) is 11.3 Å². The number of carbonyl (C=O) groups excluding carboxylic acids is 1. The normalized spacial score (nSPS) is 14.4. The molecule has 1 atom stereocenters. The lowest BCUT2D eigenvalue weighted by molar-refractivity contribution is -0.123. The van der Waals surface area contributed by atoms with Crippen LogP contribution in [0.3, 0.4) is 0 Å². The summed E-state index contributed by atoms with van der Waals surface area (Å²) in [5.74, 6) is -0.150. The molecule has 1 aromatic rings. The van der Waals surface area contributed by atoms with E-state index in [0.29, 0.717) is 6.42 Å². The predicted octanol–water partition coefficient (Wildman–Crippen LogP) is 2.70. The standard InChI is InChI=1S/C14H22N2O/c1-5-14(10(2)3,13(15)17)16-12-9-7-6-8-11(12)4/h6-10,16H,5H2,1-4H3,(H2,15,17). The quantitative estimate of drug-likeness (QED) is 0.823. The van der Waals surface area contributed by atoms with Crippen LogP contribution in [0.25, 0.3) is 0 Å². The minimum atomic E-state index is -0.674. The van der Waals surface area contributed by atoms with Gasteiger partial charge in [-0.05, 0) is 30.9 Å². The van der Waals surface area contributed by atoms with E-state index in [-0.39, 0.29) is 11.8 Å². The third kappa shape index (κ3) is 2.60. The van der Waals surface area contributed by atoms with Crippen molar-refractivity contribution in [2.45, 2.75) is 39.7 Å². The highest BCUT2D eigenvalue weighted by Gasteiger charge is 2.38. The topological polar surface area (TPSA) is 55.1 Å². The first-order valence-corrected chi connectivity index (χ1v) is 6.07. The number of rotatable bonds is 5. The second kappa shape index (κ2) is 5.21. The minimum absolute atomic E-state index is 0.143. The molecule has 1 aromatic carbocycles. The summed E-state index contributed by atoms with van der Waals surface area (Å²) in [6.07, 6.45) is 0.675. The molecular formula is C14H22N2O. The van der Waals surface area contributed by atoms with Crippen LogP contribution in [-0.4, -0.2) is 11.4 Å². The third-order valence-corrected chi connectivity index (χ3v) is 3.49. The molecule has 0 aliphatic heterocycles. The maximum Gasteiger partial charge on any atom is 0.243 e. The Hall–Kier alpha value is -1.51. The van der Waals surface area contributed by atoms with Gasteiger partial charge in [0.05, 0.1) is 0 Å². The lowest BCUT2D eigenvalue weighted by atomic mass is 9.82. The van der Waals surface area contributed by atoms with Crippen LogP contribution in [0.15, 0.2) is 24.3 Å². The van der Waals surface area contributed by atoms with E-state index in [4.69, 9.17) is 5.73 Å². The van der Waals surface area contributed by atoms with Gasteiger partial charge >= 0.3 is 0 Å². The highest BCUT2D eigenvalue weighted by atomic mass is 16.1. The first kappa shape index (κ1) is 13.6. The second-order valence-electron chi connectivity index (χ2n) is 4.78. The average molecular weight is 234 g/mol. The Labute approximate surface area is 103 Å². The molecule has 0 spiro atoms. The Morgan fingerprint density at radius 1 is 1.41 bits per heavy atom. The molecule has 1 amide bonds. The van der Waals surface area contributed by atoms with Crippen molar-refractivity contribution in [3.63, 3.8) is 0 Å². The molecule has 94 valence electrons. The van der Waals surface area contributed by atoms with Crippen LogP contribution in [0, 0.1) is 12.8 Å². The molecule has 0 radical (unpaired) electrons. The van der Waals surface area contributed by atoms with Crippen LogP contribution in [0.1, 0.15) is 32.8 Å².